The highest BCUT2D eigenvalue weighted by Gasteiger charge is 2.14. The number of carboxylic acids is 1. The fourth-order valence-corrected chi connectivity index (χ4v) is 1.71. The summed E-state index contributed by atoms with van der Waals surface area (Å²) in [5.41, 5.74) is 0.824. The zero-order valence-electron chi connectivity index (χ0n) is 7.87. The summed E-state index contributed by atoms with van der Waals surface area (Å²) in [7, 11) is 1.51. The first-order valence-corrected chi connectivity index (χ1v) is 4.59. The number of H-pyrrole nitrogens is 1. The molecule has 1 aromatic carbocycles. The van der Waals surface area contributed by atoms with E-state index in [2.05, 4.69) is 4.98 Å². The molecule has 1 aromatic heterocycles. The van der Waals surface area contributed by atoms with Crippen LogP contribution >= 0.6 is 11.6 Å². The Morgan fingerprint density at radius 2 is 2.27 bits per heavy atom. The number of aromatic carboxylic acids is 1. The van der Waals surface area contributed by atoms with E-state index in [-0.39, 0.29) is 5.56 Å². The van der Waals surface area contributed by atoms with Crippen molar-refractivity contribution in [1.29, 1.82) is 0 Å². The molecule has 78 valence electrons. The van der Waals surface area contributed by atoms with E-state index in [9.17, 15) is 4.79 Å². The molecular weight excluding hydrogens is 218 g/mol. The van der Waals surface area contributed by atoms with Crippen molar-refractivity contribution in [2.45, 2.75) is 0 Å². The van der Waals surface area contributed by atoms with Crippen molar-refractivity contribution in [2.75, 3.05) is 7.11 Å². The fourth-order valence-electron chi connectivity index (χ4n) is 1.50. The fraction of sp³-hybridized carbons (Fsp3) is 0.100. The van der Waals surface area contributed by atoms with Gasteiger partial charge in [0, 0.05) is 22.7 Å². The zero-order valence-corrected chi connectivity index (χ0v) is 8.63. The predicted molar refractivity (Wildman–Crippen MR) is 56.8 cm³/mol. The summed E-state index contributed by atoms with van der Waals surface area (Å²) in [6, 6.07) is 3.23. The smallest absolute Gasteiger partial charge is 0.337 e. The third-order valence-electron chi connectivity index (χ3n) is 2.17. The van der Waals surface area contributed by atoms with Crippen LogP contribution in [0.25, 0.3) is 10.9 Å². The van der Waals surface area contributed by atoms with Crippen molar-refractivity contribution >= 4 is 28.5 Å². The molecular formula is C10H8ClNO3. The Morgan fingerprint density at radius 3 is 2.87 bits per heavy atom. The molecule has 0 atom stereocenters. The van der Waals surface area contributed by atoms with E-state index >= 15 is 0 Å². The first-order valence-electron chi connectivity index (χ1n) is 4.21. The van der Waals surface area contributed by atoms with Gasteiger partial charge in [-0.15, -0.1) is 0 Å². The lowest BCUT2D eigenvalue weighted by Gasteiger charge is -2.02. The minimum atomic E-state index is -0.995. The third kappa shape index (κ3) is 1.53. The number of hydrogen-bond donors (Lipinski definition) is 2. The van der Waals surface area contributed by atoms with Gasteiger partial charge in [0.1, 0.15) is 5.75 Å². The number of aromatic nitrogens is 1. The summed E-state index contributed by atoms with van der Waals surface area (Å²) < 4.78 is 5.09. The maximum atomic E-state index is 10.9. The molecule has 0 unspecified atom stereocenters. The molecule has 5 heteroatoms. The van der Waals surface area contributed by atoms with E-state index < -0.39 is 5.97 Å². The van der Waals surface area contributed by atoms with E-state index in [1.165, 1.54) is 13.3 Å². The van der Waals surface area contributed by atoms with Gasteiger partial charge in [0.05, 0.1) is 18.2 Å². The predicted octanol–water partition coefficient (Wildman–Crippen LogP) is 2.53. The number of methoxy groups -OCH3 is 1. The number of fused-ring (bicyclic) bond motifs is 1. The SMILES string of the molecule is COc1cc(Cl)cc2c(C(=O)O)c[nH]c12. The molecule has 2 N–H and O–H groups in total. The van der Waals surface area contributed by atoms with Gasteiger partial charge in [-0.05, 0) is 6.07 Å². The van der Waals surface area contributed by atoms with Crippen LogP contribution in [0.15, 0.2) is 18.3 Å². The Morgan fingerprint density at radius 1 is 1.53 bits per heavy atom. The summed E-state index contributed by atoms with van der Waals surface area (Å²) in [6.07, 6.45) is 1.42. The molecule has 0 bridgehead atoms. The number of aromatic amines is 1. The highest BCUT2D eigenvalue weighted by Crippen LogP contribution is 2.31. The number of ether oxygens (including phenoxy) is 1. The van der Waals surface area contributed by atoms with Crippen LogP contribution in [-0.2, 0) is 0 Å². The first kappa shape index (κ1) is 9.86. The zero-order chi connectivity index (χ0) is 11.0. The Labute approximate surface area is 90.4 Å². The minimum absolute atomic E-state index is 0.186. The lowest BCUT2D eigenvalue weighted by Crippen LogP contribution is -1.93. The van der Waals surface area contributed by atoms with Gasteiger partial charge < -0.3 is 14.8 Å². The van der Waals surface area contributed by atoms with Gasteiger partial charge in [0.25, 0.3) is 0 Å². The van der Waals surface area contributed by atoms with Crippen molar-refractivity contribution in [3.05, 3.63) is 28.9 Å². The van der Waals surface area contributed by atoms with Gasteiger partial charge in [-0.25, -0.2) is 4.79 Å². The van der Waals surface area contributed by atoms with Crippen molar-refractivity contribution in [3.63, 3.8) is 0 Å². The second-order valence-electron chi connectivity index (χ2n) is 3.04. The van der Waals surface area contributed by atoms with Gasteiger partial charge in [0.15, 0.2) is 0 Å². The van der Waals surface area contributed by atoms with Crippen LogP contribution in [0.5, 0.6) is 5.75 Å². The van der Waals surface area contributed by atoms with Gasteiger partial charge in [0.2, 0.25) is 0 Å². The number of carbonyl (C=O) groups is 1. The topological polar surface area (TPSA) is 62.3 Å². The minimum Gasteiger partial charge on any atom is -0.495 e. The van der Waals surface area contributed by atoms with Crippen LogP contribution in [0.3, 0.4) is 0 Å². The quantitative estimate of drug-likeness (QED) is 0.826. The molecule has 0 spiro atoms. The van der Waals surface area contributed by atoms with Crippen LogP contribution in [0.2, 0.25) is 5.02 Å². The number of carboxylic acid groups (broad SMARTS) is 1. The van der Waals surface area contributed by atoms with Crippen LogP contribution in [-0.4, -0.2) is 23.2 Å². The number of nitrogens with one attached hydrogen (secondary N) is 1. The van der Waals surface area contributed by atoms with Gasteiger partial charge >= 0.3 is 5.97 Å². The second-order valence-corrected chi connectivity index (χ2v) is 3.47. The molecule has 0 radical (unpaired) electrons. The van der Waals surface area contributed by atoms with Crippen LogP contribution < -0.4 is 4.74 Å². The number of rotatable bonds is 2. The third-order valence-corrected chi connectivity index (χ3v) is 2.39. The monoisotopic (exact) mass is 225 g/mol. The van der Waals surface area contributed by atoms with Crippen LogP contribution in [0, 0.1) is 0 Å². The maximum Gasteiger partial charge on any atom is 0.337 e. The Hall–Kier alpha value is -1.68. The van der Waals surface area contributed by atoms with Gasteiger partial charge in [-0.2, -0.15) is 0 Å². The van der Waals surface area contributed by atoms with Crippen molar-refractivity contribution in [2.24, 2.45) is 0 Å². The van der Waals surface area contributed by atoms with Crippen LogP contribution in [0.1, 0.15) is 10.4 Å². The molecule has 1 heterocycles. The normalized spacial score (nSPS) is 10.5. The van der Waals surface area contributed by atoms with Crippen molar-refractivity contribution in [1.82, 2.24) is 4.98 Å². The molecule has 0 aliphatic rings. The number of hydrogen-bond acceptors (Lipinski definition) is 2. The lowest BCUT2D eigenvalue weighted by molar-refractivity contribution is 0.0699. The molecule has 15 heavy (non-hydrogen) atoms. The Kier molecular flexibility index (Phi) is 2.28. The number of benzene rings is 1. The van der Waals surface area contributed by atoms with Gasteiger partial charge in [-0.1, -0.05) is 11.6 Å². The summed E-state index contributed by atoms with van der Waals surface area (Å²) in [5, 5.41) is 9.92. The molecule has 0 saturated heterocycles. The van der Waals surface area contributed by atoms with Crippen molar-refractivity contribution in [3.8, 4) is 5.75 Å². The molecule has 0 aliphatic heterocycles. The van der Waals surface area contributed by atoms with E-state index in [1.54, 1.807) is 12.1 Å². The van der Waals surface area contributed by atoms with E-state index in [4.69, 9.17) is 21.4 Å². The van der Waals surface area contributed by atoms with E-state index in [0.717, 1.165) is 0 Å². The molecule has 0 amide bonds. The van der Waals surface area contributed by atoms with E-state index in [1.807, 2.05) is 0 Å². The molecule has 0 saturated carbocycles. The van der Waals surface area contributed by atoms with E-state index in [0.29, 0.717) is 21.7 Å². The van der Waals surface area contributed by atoms with Gasteiger partial charge in [-0.3, -0.25) is 0 Å². The average molecular weight is 226 g/mol. The van der Waals surface area contributed by atoms with Crippen molar-refractivity contribution < 1.29 is 14.6 Å². The highest BCUT2D eigenvalue weighted by atomic mass is 35.5. The molecule has 0 fully saturated rings. The summed E-state index contributed by atoms with van der Waals surface area (Å²) in [4.78, 5) is 13.7. The molecule has 0 aliphatic carbocycles. The average Bonchev–Trinajstić information content (AvgIpc) is 2.59. The second kappa shape index (κ2) is 3.47. The first-order chi connectivity index (χ1) is 7.13. The lowest BCUT2D eigenvalue weighted by atomic mass is 10.1. The highest BCUT2D eigenvalue weighted by molar-refractivity contribution is 6.31. The Balaban J connectivity index is 2.80. The summed E-state index contributed by atoms with van der Waals surface area (Å²) in [5.74, 6) is -0.462. The molecule has 2 aromatic rings. The van der Waals surface area contributed by atoms with Crippen LogP contribution in [0.4, 0.5) is 0 Å². The maximum absolute atomic E-state index is 10.9. The summed E-state index contributed by atoms with van der Waals surface area (Å²) >= 11 is 5.85. The Bertz CT molecular complexity index is 533. The largest absolute Gasteiger partial charge is 0.495 e. The molecule has 4 nitrogen and oxygen atoms in total. The summed E-state index contributed by atoms with van der Waals surface area (Å²) in [6.45, 7) is 0. The number of halogens is 1. The standard InChI is InChI=1S/C10H8ClNO3/c1-15-8-3-5(11)2-6-7(10(13)14)4-12-9(6)8/h2-4,12H,1H3,(H,13,14). The molecule has 2 rings (SSSR count).